The lowest BCUT2D eigenvalue weighted by Crippen LogP contribution is -2.44. The first-order valence-electron chi connectivity index (χ1n) is 36.3. The molecule has 0 amide bonds. The van der Waals surface area contributed by atoms with Gasteiger partial charge in [0.15, 0.2) is 12.4 Å². The fraction of sp³-hybridized carbons (Fsp3) is 0.688. The van der Waals surface area contributed by atoms with E-state index in [0.29, 0.717) is 17.4 Å². The summed E-state index contributed by atoms with van der Waals surface area (Å²) >= 11 is 0. The Kier molecular flexibility index (Phi) is 65.8. The number of rotatable bonds is 66. The normalized spacial score (nSPS) is 13.5. The van der Waals surface area contributed by atoms with Gasteiger partial charge in [-0.15, -0.1) is 0 Å². The lowest BCUT2D eigenvalue weighted by Gasteiger charge is -2.26. The van der Waals surface area contributed by atoms with Crippen LogP contribution >= 0.6 is 0 Å². The lowest BCUT2D eigenvalue weighted by molar-refractivity contribution is -0.870. The Morgan fingerprint density at radius 3 is 0.899 bits per heavy atom. The molecule has 89 heavy (non-hydrogen) atoms. The summed E-state index contributed by atoms with van der Waals surface area (Å²) in [7, 11) is 5.93. The maximum absolute atomic E-state index is 13.0. The number of carboxylic acid groups (broad SMARTS) is 1. The molecule has 0 aliphatic heterocycles. The van der Waals surface area contributed by atoms with Gasteiger partial charge in [-0.2, -0.15) is 0 Å². The number of nitrogens with zero attached hydrogens (tertiary/aromatic N) is 1. The predicted molar refractivity (Wildman–Crippen MR) is 379 cm³/mol. The van der Waals surface area contributed by atoms with Gasteiger partial charge in [0, 0.05) is 12.8 Å². The molecule has 9 heteroatoms. The minimum Gasteiger partial charge on any atom is -0.545 e. The Morgan fingerprint density at radius 1 is 0.337 bits per heavy atom. The highest BCUT2D eigenvalue weighted by atomic mass is 16.7. The van der Waals surface area contributed by atoms with Crippen molar-refractivity contribution >= 4 is 17.9 Å². The maximum atomic E-state index is 13.0. The summed E-state index contributed by atoms with van der Waals surface area (Å²) in [6.07, 6.45) is 96.8. The fourth-order valence-corrected chi connectivity index (χ4v) is 9.92. The minimum absolute atomic E-state index is 0.143. The Morgan fingerprint density at radius 2 is 0.607 bits per heavy atom. The molecule has 9 nitrogen and oxygen atoms in total. The van der Waals surface area contributed by atoms with Crippen LogP contribution in [0.2, 0.25) is 0 Å². The van der Waals surface area contributed by atoms with Crippen molar-refractivity contribution in [1.29, 1.82) is 0 Å². The average molecular weight is 1240 g/mol. The van der Waals surface area contributed by atoms with Crippen LogP contribution in [-0.2, 0) is 33.3 Å². The van der Waals surface area contributed by atoms with E-state index in [1.807, 2.05) is 21.1 Å². The van der Waals surface area contributed by atoms with Gasteiger partial charge in [-0.05, 0) is 109 Å². The van der Waals surface area contributed by atoms with E-state index in [-0.39, 0.29) is 38.6 Å². The number of ether oxygens (including phenoxy) is 4. The quantitative estimate of drug-likeness (QED) is 0.0195. The Bertz CT molecular complexity index is 1930. The van der Waals surface area contributed by atoms with E-state index in [4.69, 9.17) is 18.9 Å². The van der Waals surface area contributed by atoms with Crippen LogP contribution in [0.1, 0.15) is 296 Å². The number of quaternary nitrogens is 1. The number of hydrogen-bond donors (Lipinski definition) is 0. The molecule has 0 saturated carbocycles. The first kappa shape index (κ1) is 84.4. The SMILES string of the molecule is CC/C=C\C/C=C\C/C=C\C/C=C\C/C=C\C/C=C\C/C=C\CCCCCCCCCCCCCCCC(=O)OC(COC(=O)CCCCCCCCCCCCCCCCCC/C=C\C/C=C\C/C=C\C/C=C\CC)COC(OCC[N+](C)(C)C)C(=O)[O-]. The Hall–Kier alpha value is -4.57. The number of esters is 2. The third-order valence-corrected chi connectivity index (χ3v) is 15.4. The van der Waals surface area contributed by atoms with E-state index in [2.05, 4.69) is 148 Å². The van der Waals surface area contributed by atoms with E-state index >= 15 is 0 Å². The zero-order chi connectivity index (χ0) is 64.7. The Labute approximate surface area is 548 Å². The number of allylic oxidation sites excluding steroid dienone is 22. The summed E-state index contributed by atoms with van der Waals surface area (Å²) < 4.78 is 22.8. The molecule has 2 unspecified atom stereocenters. The molecule has 0 bridgehead atoms. The van der Waals surface area contributed by atoms with E-state index in [1.165, 1.54) is 154 Å². The molecule has 0 fully saturated rings. The van der Waals surface area contributed by atoms with Crippen LogP contribution in [0, 0.1) is 0 Å². The predicted octanol–water partition coefficient (Wildman–Crippen LogP) is 21.6. The standard InChI is InChI=1S/C80H135NO8/c1-6-8-10-12-14-16-18-20-22-24-26-28-30-32-34-36-37-38-39-40-41-43-45-47-49-51-53-55-57-59-61-63-65-67-69-71-78(83)89-76(75-88-80(79(84)85)86-73-72-81(3,4)5)74-87-77(82)70-68-66-64-62-60-58-56-54-52-50-48-46-44-42-35-33-31-29-27-25-23-21-19-17-15-13-11-9-7-2/h8-11,14-17,20-23,26-29,32,34,37-38,40-41,76,80H,6-7,12-13,18-19,24-25,30-31,33,35-36,39,42-75H2,1-5H3/b10-8-,11-9-,16-14-,17-15-,22-20-,23-21-,28-26-,29-27-,34-32-,38-37-,41-40-. The summed E-state index contributed by atoms with van der Waals surface area (Å²) in [5.41, 5.74) is 0. The van der Waals surface area contributed by atoms with Gasteiger partial charge in [0.25, 0.3) is 0 Å². The molecule has 0 aliphatic carbocycles. The highest BCUT2D eigenvalue weighted by Crippen LogP contribution is 2.17. The van der Waals surface area contributed by atoms with Crippen LogP contribution in [0.5, 0.6) is 0 Å². The number of carboxylic acids is 1. The smallest absolute Gasteiger partial charge is 0.306 e. The van der Waals surface area contributed by atoms with E-state index < -0.39 is 24.3 Å². The molecular formula is C80H135NO8. The number of hydrogen-bond acceptors (Lipinski definition) is 8. The molecule has 508 valence electrons. The van der Waals surface area contributed by atoms with Gasteiger partial charge >= 0.3 is 11.9 Å². The van der Waals surface area contributed by atoms with Gasteiger partial charge in [-0.25, -0.2) is 0 Å². The minimum atomic E-state index is -1.63. The van der Waals surface area contributed by atoms with Crippen molar-refractivity contribution in [3.05, 3.63) is 134 Å². The van der Waals surface area contributed by atoms with Crippen LogP contribution in [0.4, 0.5) is 0 Å². The third-order valence-electron chi connectivity index (χ3n) is 15.4. The molecule has 0 aromatic rings. The molecule has 0 heterocycles. The van der Waals surface area contributed by atoms with Gasteiger partial charge in [0.2, 0.25) is 0 Å². The first-order chi connectivity index (χ1) is 43.6. The zero-order valence-electron chi connectivity index (χ0n) is 58.0. The fourth-order valence-electron chi connectivity index (χ4n) is 9.92. The molecule has 0 rings (SSSR count). The summed E-state index contributed by atoms with van der Waals surface area (Å²) in [5, 5.41) is 11.8. The Balaban J connectivity index is 4.11. The first-order valence-corrected chi connectivity index (χ1v) is 36.3. The highest BCUT2D eigenvalue weighted by Gasteiger charge is 2.22. The topological polar surface area (TPSA) is 111 Å². The lowest BCUT2D eigenvalue weighted by atomic mass is 10.0. The monoisotopic (exact) mass is 1240 g/mol. The maximum Gasteiger partial charge on any atom is 0.306 e. The number of aliphatic carboxylic acids is 1. The molecule has 0 aromatic heterocycles. The summed E-state index contributed by atoms with van der Waals surface area (Å²) in [6.45, 7) is 4.54. The van der Waals surface area contributed by atoms with Crippen LogP contribution in [0.15, 0.2) is 134 Å². The number of carbonyl (C=O) groups excluding carboxylic acids is 3. The summed E-state index contributed by atoms with van der Waals surface area (Å²) in [4.78, 5) is 37.5. The van der Waals surface area contributed by atoms with Gasteiger partial charge in [0.05, 0.1) is 40.3 Å². The van der Waals surface area contributed by atoms with Crippen molar-refractivity contribution in [2.45, 2.75) is 309 Å². The summed E-state index contributed by atoms with van der Waals surface area (Å²) in [6, 6.07) is 0. The molecule has 2 atom stereocenters. The van der Waals surface area contributed by atoms with Gasteiger partial charge in [0.1, 0.15) is 13.2 Å². The number of unbranched alkanes of at least 4 members (excludes halogenated alkanes) is 29. The van der Waals surface area contributed by atoms with Crippen LogP contribution in [0.25, 0.3) is 0 Å². The molecule has 0 saturated heterocycles. The van der Waals surface area contributed by atoms with E-state index in [0.717, 1.165) is 109 Å². The van der Waals surface area contributed by atoms with Gasteiger partial charge in [-0.1, -0.05) is 308 Å². The molecule has 0 N–H and O–H groups in total. The van der Waals surface area contributed by atoms with Gasteiger partial charge < -0.3 is 33.3 Å². The number of likely N-dealkylation sites (N-methyl/N-ethyl adjacent to an activating group) is 1. The van der Waals surface area contributed by atoms with Crippen LogP contribution < -0.4 is 5.11 Å². The number of carbonyl (C=O) groups is 3. The molecule has 0 radical (unpaired) electrons. The van der Waals surface area contributed by atoms with Crippen molar-refractivity contribution in [2.75, 3.05) is 47.5 Å². The molecule has 0 spiro atoms. The van der Waals surface area contributed by atoms with Crippen molar-refractivity contribution < 1.29 is 42.9 Å². The second kappa shape index (κ2) is 69.3. The largest absolute Gasteiger partial charge is 0.545 e. The van der Waals surface area contributed by atoms with Crippen molar-refractivity contribution in [2.24, 2.45) is 0 Å². The molecule has 0 aliphatic rings. The average Bonchev–Trinajstić information content (AvgIpc) is 3.64. The van der Waals surface area contributed by atoms with Crippen molar-refractivity contribution in [1.82, 2.24) is 0 Å². The van der Waals surface area contributed by atoms with E-state index in [1.54, 1.807) is 0 Å². The van der Waals surface area contributed by atoms with Gasteiger partial charge in [-0.3, -0.25) is 9.59 Å². The molecule has 0 aromatic carbocycles. The van der Waals surface area contributed by atoms with Crippen LogP contribution in [-0.4, -0.2) is 82.3 Å². The van der Waals surface area contributed by atoms with E-state index in [9.17, 15) is 19.5 Å². The highest BCUT2D eigenvalue weighted by molar-refractivity contribution is 5.70. The van der Waals surface area contributed by atoms with Crippen molar-refractivity contribution in [3.8, 4) is 0 Å². The van der Waals surface area contributed by atoms with Crippen LogP contribution in [0.3, 0.4) is 0 Å². The summed E-state index contributed by atoms with van der Waals surface area (Å²) in [5.74, 6) is -2.28. The third kappa shape index (κ3) is 70.7. The second-order valence-corrected chi connectivity index (χ2v) is 25.1. The van der Waals surface area contributed by atoms with Crippen molar-refractivity contribution in [3.63, 3.8) is 0 Å². The second-order valence-electron chi connectivity index (χ2n) is 25.1. The molecular weight excluding hydrogens is 1100 g/mol. The zero-order valence-corrected chi connectivity index (χ0v) is 58.0.